The van der Waals surface area contributed by atoms with E-state index >= 15 is 0 Å². The van der Waals surface area contributed by atoms with Crippen LogP contribution in [0.3, 0.4) is 0 Å². The van der Waals surface area contributed by atoms with E-state index in [2.05, 4.69) is 0 Å². The Morgan fingerprint density at radius 2 is 1.57 bits per heavy atom. The van der Waals surface area contributed by atoms with Gasteiger partial charge in [-0.3, -0.25) is 24.1 Å². The molecule has 1 heterocycles. The Balaban J connectivity index is 0.00000264. The summed E-state index contributed by atoms with van der Waals surface area (Å²) in [4.78, 5) is 59.0. The van der Waals surface area contributed by atoms with Gasteiger partial charge >= 0.3 is 29.6 Å². The molecule has 8 heteroatoms. The van der Waals surface area contributed by atoms with Gasteiger partial charge in [0.05, 0.1) is 23.6 Å². The number of hydrogen-bond donors (Lipinski definition) is 0. The second-order valence-electron chi connectivity index (χ2n) is 4.82. The number of carboxylic acid groups (broad SMARTS) is 1. The van der Waals surface area contributed by atoms with Gasteiger partial charge in [0.1, 0.15) is 5.97 Å². The van der Waals surface area contributed by atoms with Crippen molar-refractivity contribution in [2.45, 2.75) is 13.3 Å². The average molecular weight is 325 g/mol. The van der Waals surface area contributed by atoms with Gasteiger partial charge in [0.2, 0.25) is 0 Å². The molecule has 1 aromatic carbocycles. The van der Waals surface area contributed by atoms with E-state index in [1.165, 1.54) is 19.1 Å². The summed E-state index contributed by atoms with van der Waals surface area (Å²) >= 11 is 0. The van der Waals surface area contributed by atoms with E-state index in [1.807, 2.05) is 0 Å². The Kier molecular flexibility index (Phi) is 6.37. The molecule has 1 aliphatic rings. The molecule has 0 spiro atoms. The Morgan fingerprint density at radius 3 is 1.96 bits per heavy atom. The zero-order chi connectivity index (χ0) is 16.4. The smallest absolute Gasteiger partial charge is 0.542 e. The number of rotatable bonds is 6. The number of carbonyl (C=O) groups excluding carboxylic acids is 5. The number of benzene rings is 1. The first-order valence-corrected chi connectivity index (χ1v) is 6.61. The van der Waals surface area contributed by atoms with E-state index in [0.29, 0.717) is 0 Å². The van der Waals surface area contributed by atoms with Gasteiger partial charge in [-0.15, -0.1) is 0 Å². The summed E-state index contributed by atoms with van der Waals surface area (Å²) in [5.74, 6) is -6.79. The van der Waals surface area contributed by atoms with Crippen LogP contribution in [0, 0.1) is 5.92 Å². The topological polar surface area (TPSA) is 112 Å². The molecule has 0 bridgehead atoms. The fourth-order valence-corrected chi connectivity index (χ4v) is 2.35. The average Bonchev–Trinajstić information content (AvgIpc) is 2.73. The van der Waals surface area contributed by atoms with Crippen LogP contribution in [0.1, 0.15) is 34.1 Å². The Hall–Kier alpha value is -1.83. The van der Waals surface area contributed by atoms with Crippen molar-refractivity contribution in [3.63, 3.8) is 0 Å². The summed E-state index contributed by atoms with van der Waals surface area (Å²) < 4.78 is 0. The Morgan fingerprint density at radius 1 is 1.09 bits per heavy atom. The van der Waals surface area contributed by atoms with Crippen LogP contribution < -0.4 is 34.7 Å². The summed E-state index contributed by atoms with van der Waals surface area (Å²) in [6, 6.07) is 6.10. The van der Waals surface area contributed by atoms with Crippen LogP contribution in [0.25, 0.3) is 0 Å². The Bertz CT molecular complexity index is 664. The van der Waals surface area contributed by atoms with Crippen molar-refractivity contribution in [3.05, 3.63) is 35.4 Å². The molecule has 0 aromatic heterocycles. The maximum Gasteiger partial charge on any atom is 1.00 e. The third kappa shape index (κ3) is 3.57. The minimum atomic E-state index is -1.96. The minimum Gasteiger partial charge on any atom is -0.542 e. The van der Waals surface area contributed by atoms with Gasteiger partial charge in [0.15, 0.2) is 11.6 Å². The van der Waals surface area contributed by atoms with Crippen molar-refractivity contribution in [1.82, 2.24) is 4.90 Å². The van der Waals surface area contributed by atoms with Crippen LogP contribution in [-0.4, -0.2) is 40.8 Å². The molecule has 0 aliphatic carbocycles. The van der Waals surface area contributed by atoms with Gasteiger partial charge in [-0.1, -0.05) is 19.1 Å². The van der Waals surface area contributed by atoms with Crippen molar-refractivity contribution in [3.8, 4) is 0 Å². The summed E-state index contributed by atoms with van der Waals surface area (Å²) in [5, 5.41) is 10.6. The number of nitrogens with zero attached hydrogens (tertiary/aromatic N) is 1. The first-order valence-electron chi connectivity index (χ1n) is 6.61. The third-order valence-corrected chi connectivity index (χ3v) is 3.51. The first kappa shape index (κ1) is 19.2. The summed E-state index contributed by atoms with van der Waals surface area (Å²) in [6.45, 7) is 0.829. The van der Waals surface area contributed by atoms with Crippen molar-refractivity contribution in [1.29, 1.82) is 0 Å². The molecule has 114 valence electrons. The van der Waals surface area contributed by atoms with Gasteiger partial charge in [0.25, 0.3) is 11.8 Å². The van der Waals surface area contributed by atoms with Crippen molar-refractivity contribution >= 4 is 29.4 Å². The number of ketones is 2. The number of fused-ring (bicyclic) bond motifs is 1. The zero-order valence-electron chi connectivity index (χ0n) is 12.7. The number of imide groups is 1. The molecule has 1 unspecified atom stereocenters. The SMILES string of the molecule is CCC(C(=O)CN1C(=O)c2ccccc2C1=O)C(=O)C(=O)[O-].[Na+]. The van der Waals surface area contributed by atoms with Crippen molar-refractivity contribution in [2.75, 3.05) is 6.54 Å². The van der Waals surface area contributed by atoms with Crippen LogP contribution in [0.5, 0.6) is 0 Å². The molecule has 1 aromatic rings. The van der Waals surface area contributed by atoms with Gasteiger partial charge in [0, 0.05) is 0 Å². The predicted molar refractivity (Wildman–Crippen MR) is 70.6 cm³/mol. The normalized spacial score (nSPS) is 14.0. The maximum absolute atomic E-state index is 12.1. The predicted octanol–water partition coefficient (Wildman–Crippen LogP) is -3.80. The molecule has 0 N–H and O–H groups in total. The summed E-state index contributed by atoms with van der Waals surface area (Å²) in [5.41, 5.74) is 0.360. The molecule has 23 heavy (non-hydrogen) atoms. The largest absolute Gasteiger partial charge is 1.00 e. The second kappa shape index (κ2) is 7.63. The maximum atomic E-state index is 12.1. The van der Waals surface area contributed by atoms with Crippen LogP contribution in [0.15, 0.2) is 24.3 Å². The molecule has 0 saturated heterocycles. The fourth-order valence-electron chi connectivity index (χ4n) is 2.35. The van der Waals surface area contributed by atoms with Crippen LogP contribution in [0.4, 0.5) is 0 Å². The Labute approximate surface area is 153 Å². The van der Waals surface area contributed by atoms with Crippen molar-refractivity contribution < 1.29 is 58.6 Å². The van der Waals surface area contributed by atoms with E-state index < -0.39 is 41.8 Å². The molecule has 7 nitrogen and oxygen atoms in total. The molecule has 0 saturated carbocycles. The zero-order valence-corrected chi connectivity index (χ0v) is 14.7. The number of carboxylic acids is 1. The number of carbonyl (C=O) groups is 5. The molecular weight excluding hydrogens is 313 g/mol. The summed E-state index contributed by atoms with van der Waals surface area (Å²) in [7, 11) is 0. The number of amides is 2. The quantitative estimate of drug-likeness (QED) is 0.229. The standard InChI is InChI=1S/C15H13NO6.Na/c1-2-8(12(18)15(21)22)11(17)7-16-13(19)9-5-3-4-6-10(9)14(16)20;/h3-6,8H,2,7H2,1H3,(H,21,22);/q;+1/p-1. The van der Waals surface area contributed by atoms with Crippen molar-refractivity contribution in [2.24, 2.45) is 5.92 Å². The van der Waals surface area contributed by atoms with Gasteiger partial charge < -0.3 is 9.90 Å². The molecule has 1 aliphatic heterocycles. The number of aliphatic carboxylic acids is 1. The number of hydrogen-bond acceptors (Lipinski definition) is 6. The fraction of sp³-hybridized carbons (Fsp3) is 0.267. The van der Waals surface area contributed by atoms with Gasteiger partial charge in [-0.25, -0.2) is 0 Å². The summed E-state index contributed by atoms with van der Waals surface area (Å²) in [6.07, 6.45) is -0.0468. The van der Waals surface area contributed by atoms with E-state index in [9.17, 15) is 29.1 Å². The molecule has 0 fully saturated rings. The molecular formula is C15H12NNaO6. The second-order valence-corrected chi connectivity index (χ2v) is 4.82. The molecule has 1 atom stereocenters. The molecule has 2 rings (SSSR count). The van der Waals surface area contributed by atoms with E-state index in [0.717, 1.165) is 4.90 Å². The van der Waals surface area contributed by atoms with Gasteiger partial charge in [-0.2, -0.15) is 0 Å². The minimum absolute atomic E-state index is 0. The monoisotopic (exact) mass is 325 g/mol. The van der Waals surface area contributed by atoms with E-state index in [4.69, 9.17) is 0 Å². The van der Waals surface area contributed by atoms with Crippen LogP contribution in [0.2, 0.25) is 0 Å². The molecule has 0 radical (unpaired) electrons. The number of Topliss-reactive ketones (excluding diaryl/α,β-unsaturated/α-hetero) is 2. The van der Waals surface area contributed by atoms with Crippen LogP contribution >= 0.6 is 0 Å². The van der Waals surface area contributed by atoms with Gasteiger partial charge in [-0.05, 0) is 18.6 Å². The van der Waals surface area contributed by atoms with E-state index in [1.54, 1.807) is 12.1 Å². The third-order valence-electron chi connectivity index (χ3n) is 3.51. The van der Waals surface area contributed by atoms with E-state index in [-0.39, 0.29) is 47.1 Å². The van der Waals surface area contributed by atoms with Crippen LogP contribution in [-0.2, 0) is 14.4 Å². The first-order chi connectivity index (χ1) is 10.4. The molecule has 2 amide bonds.